The summed E-state index contributed by atoms with van der Waals surface area (Å²) in [7, 11) is -3.71. The highest BCUT2D eigenvalue weighted by Gasteiger charge is 2.28. The van der Waals surface area contributed by atoms with Gasteiger partial charge in [0.2, 0.25) is 0 Å². The van der Waals surface area contributed by atoms with E-state index in [2.05, 4.69) is 0 Å². The van der Waals surface area contributed by atoms with E-state index in [1.54, 1.807) is 36.4 Å². The Morgan fingerprint density at radius 3 is 2.59 bits per heavy atom. The summed E-state index contributed by atoms with van der Waals surface area (Å²) in [5.41, 5.74) is 1.32. The number of hydrogen-bond acceptors (Lipinski definition) is 3. The van der Waals surface area contributed by atoms with Crippen molar-refractivity contribution in [1.29, 1.82) is 0 Å². The van der Waals surface area contributed by atoms with Crippen molar-refractivity contribution < 1.29 is 12.6 Å². The predicted molar refractivity (Wildman–Crippen MR) is 64.7 cm³/mol. The molecule has 5 heteroatoms. The lowest BCUT2D eigenvalue weighted by atomic mass is 10.0. The Balaban J connectivity index is 2.41. The minimum absolute atomic E-state index is 0.176. The van der Waals surface area contributed by atoms with Gasteiger partial charge in [-0.15, -0.1) is 0 Å². The molecule has 0 saturated carbocycles. The summed E-state index contributed by atoms with van der Waals surface area (Å²) >= 11 is 5.91. The molecule has 2 aromatic rings. The fourth-order valence-corrected chi connectivity index (χ4v) is 3.19. The topological polar surface area (TPSA) is 43.4 Å². The minimum Gasteiger partial charge on any atom is -0.378 e. The molecule has 86 valence electrons. The van der Waals surface area contributed by atoms with Gasteiger partial charge in [-0.05, 0) is 24.3 Å². The van der Waals surface area contributed by atoms with Crippen molar-refractivity contribution in [2.45, 2.75) is 4.90 Å². The summed E-state index contributed by atoms with van der Waals surface area (Å²) in [6.45, 7) is 0. The maximum absolute atomic E-state index is 11.9. The van der Waals surface area contributed by atoms with Gasteiger partial charge in [0.25, 0.3) is 0 Å². The first kappa shape index (κ1) is 10.6. The van der Waals surface area contributed by atoms with Crippen LogP contribution in [0, 0.1) is 0 Å². The third kappa shape index (κ3) is 1.61. The molecule has 1 heterocycles. The monoisotopic (exact) mass is 266 g/mol. The van der Waals surface area contributed by atoms with E-state index < -0.39 is 10.1 Å². The first-order chi connectivity index (χ1) is 8.08. The quantitative estimate of drug-likeness (QED) is 0.688. The largest absolute Gasteiger partial charge is 0.378 e. The van der Waals surface area contributed by atoms with Crippen molar-refractivity contribution in [3.05, 3.63) is 47.5 Å². The zero-order valence-corrected chi connectivity index (χ0v) is 10.1. The molecule has 0 unspecified atom stereocenters. The number of halogens is 1. The third-order valence-corrected chi connectivity index (χ3v) is 4.12. The smallest absolute Gasteiger partial charge is 0.339 e. The Morgan fingerprint density at radius 1 is 1.00 bits per heavy atom. The van der Waals surface area contributed by atoms with Gasteiger partial charge in [-0.1, -0.05) is 29.8 Å². The van der Waals surface area contributed by atoms with Crippen LogP contribution in [0.2, 0.25) is 5.02 Å². The highest BCUT2D eigenvalue weighted by Crippen LogP contribution is 2.41. The molecule has 0 amide bonds. The van der Waals surface area contributed by atoms with Crippen LogP contribution < -0.4 is 4.18 Å². The van der Waals surface area contributed by atoms with Gasteiger partial charge in [0.05, 0.1) is 0 Å². The molecule has 0 bridgehead atoms. The van der Waals surface area contributed by atoms with E-state index in [0.717, 1.165) is 0 Å². The van der Waals surface area contributed by atoms with Gasteiger partial charge in [-0.3, -0.25) is 0 Å². The van der Waals surface area contributed by atoms with E-state index in [9.17, 15) is 8.42 Å². The fraction of sp³-hybridized carbons (Fsp3) is 0. The minimum atomic E-state index is -3.71. The van der Waals surface area contributed by atoms with Crippen molar-refractivity contribution in [2.24, 2.45) is 0 Å². The number of fused-ring (bicyclic) bond motifs is 3. The molecule has 0 radical (unpaired) electrons. The van der Waals surface area contributed by atoms with Crippen molar-refractivity contribution in [3.63, 3.8) is 0 Å². The van der Waals surface area contributed by atoms with Crippen molar-refractivity contribution in [2.75, 3.05) is 0 Å². The highest BCUT2D eigenvalue weighted by atomic mass is 35.5. The maximum atomic E-state index is 11.9. The average Bonchev–Trinajstić information content (AvgIpc) is 2.30. The molecule has 0 N–H and O–H groups in total. The fourth-order valence-electron chi connectivity index (χ4n) is 1.86. The molecule has 3 nitrogen and oxygen atoms in total. The summed E-state index contributed by atoms with van der Waals surface area (Å²) in [5, 5.41) is 0.543. The molecular formula is C12H7ClO3S. The SMILES string of the molecule is O=S1(=O)Oc2ccc(Cl)cc2-c2ccccc21. The molecule has 0 aromatic heterocycles. The summed E-state index contributed by atoms with van der Waals surface area (Å²) in [6, 6.07) is 11.6. The highest BCUT2D eigenvalue weighted by molar-refractivity contribution is 7.87. The lowest BCUT2D eigenvalue weighted by molar-refractivity contribution is 0.483. The Bertz CT molecular complexity index is 707. The average molecular weight is 267 g/mol. The zero-order chi connectivity index (χ0) is 12.0. The number of hydrogen-bond donors (Lipinski definition) is 0. The van der Waals surface area contributed by atoms with Gasteiger partial charge in [0.15, 0.2) is 5.75 Å². The van der Waals surface area contributed by atoms with Crippen LogP contribution in [0.25, 0.3) is 11.1 Å². The van der Waals surface area contributed by atoms with Crippen LogP contribution in [0.3, 0.4) is 0 Å². The normalized spacial score (nSPS) is 15.6. The second-order valence-electron chi connectivity index (χ2n) is 3.67. The van der Waals surface area contributed by atoms with Crippen LogP contribution >= 0.6 is 11.6 Å². The molecule has 0 aliphatic carbocycles. The van der Waals surface area contributed by atoms with Gasteiger partial charge < -0.3 is 4.18 Å². The first-order valence-electron chi connectivity index (χ1n) is 4.91. The van der Waals surface area contributed by atoms with Crippen LogP contribution in [-0.2, 0) is 10.1 Å². The first-order valence-corrected chi connectivity index (χ1v) is 6.70. The van der Waals surface area contributed by atoms with E-state index >= 15 is 0 Å². The Morgan fingerprint density at radius 2 is 1.76 bits per heavy atom. The van der Waals surface area contributed by atoms with Crippen LogP contribution in [0.4, 0.5) is 0 Å². The molecule has 17 heavy (non-hydrogen) atoms. The van der Waals surface area contributed by atoms with Gasteiger partial charge in [0, 0.05) is 16.1 Å². The number of benzene rings is 2. The molecule has 1 aliphatic heterocycles. The summed E-state index contributed by atoms with van der Waals surface area (Å²) in [5.74, 6) is 0.313. The van der Waals surface area contributed by atoms with Gasteiger partial charge in [-0.25, -0.2) is 0 Å². The standard InChI is InChI=1S/C12H7ClO3S/c13-8-5-6-11-10(7-8)9-3-1-2-4-12(9)17(14,15)16-11/h1-7H. The molecule has 0 fully saturated rings. The Labute approximate surface area is 104 Å². The Kier molecular flexibility index (Phi) is 2.18. The molecule has 0 saturated heterocycles. The predicted octanol–water partition coefficient (Wildman–Crippen LogP) is 3.09. The zero-order valence-electron chi connectivity index (χ0n) is 8.55. The maximum Gasteiger partial charge on any atom is 0.339 e. The molecule has 1 aliphatic rings. The second-order valence-corrected chi connectivity index (χ2v) is 5.63. The lowest BCUT2D eigenvalue weighted by Gasteiger charge is -2.19. The lowest BCUT2D eigenvalue weighted by Crippen LogP contribution is -2.15. The van der Waals surface area contributed by atoms with Gasteiger partial charge in [-0.2, -0.15) is 8.42 Å². The third-order valence-electron chi connectivity index (χ3n) is 2.59. The van der Waals surface area contributed by atoms with E-state index in [-0.39, 0.29) is 4.90 Å². The molecule has 3 rings (SSSR count). The van der Waals surface area contributed by atoms with E-state index in [4.69, 9.17) is 15.8 Å². The van der Waals surface area contributed by atoms with Crippen LogP contribution in [0.5, 0.6) is 5.75 Å². The summed E-state index contributed by atoms with van der Waals surface area (Å²) < 4.78 is 28.7. The van der Waals surface area contributed by atoms with Crippen molar-refractivity contribution in [1.82, 2.24) is 0 Å². The van der Waals surface area contributed by atoms with Crippen LogP contribution in [0.1, 0.15) is 0 Å². The molecule has 0 atom stereocenters. The van der Waals surface area contributed by atoms with Crippen LogP contribution in [0.15, 0.2) is 47.4 Å². The van der Waals surface area contributed by atoms with Crippen molar-refractivity contribution >= 4 is 21.7 Å². The second kappa shape index (κ2) is 3.48. The van der Waals surface area contributed by atoms with Crippen LogP contribution in [-0.4, -0.2) is 8.42 Å². The molecule has 2 aromatic carbocycles. The number of rotatable bonds is 0. The van der Waals surface area contributed by atoms with Gasteiger partial charge in [0.1, 0.15) is 4.90 Å². The summed E-state index contributed by atoms with van der Waals surface area (Å²) in [6.07, 6.45) is 0. The van der Waals surface area contributed by atoms with E-state index in [1.165, 1.54) is 6.07 Å². The Hall–Kier alpha value is -1.52. The van der Waals surface area contributed by atoms with E-state index in [0.29, 0.717) is 21.9 Å². The van der Waals surface area contributed by atoms with Gasteiger partial charge >= 0.3 is 10.1 Å². The summed E-state index contributed by atoms with van der Waals surface area (Å²) in [4.78, 5) is 0.176. The molecular weight excluding hydrogens is 260 g/mol. The van der Waals surface area contributed by atoms with E-state index in [1.807, 2.05) is 0 Å². The molecule has 0 spiro atoms. The van der Waals surface area contributed by atoms with Crippen molar-refractivity contribution in [3.8, 4) is 16.9 Å².